The van der Waals surface area contributed by atoms with E-state index in [1.807, 2.05) is 4.90 Å². The van der Waals surface area contributed by atoms with Crippen LogP contribution >= 0.6 is 0 Å². The van der Waals surface area contributed by atoms with Gasteiger partial charge in [0, 0.05) is 37.8 Å². The average molecular weight is 490 g/mol. The fourth-order valence-electron chi connectivity index (χ4n) is 4.51. The first-order valence-corrected chi connectivity index (χ1v) is 12.8. The number of carbonyl (C=O) groups is 2. The molecule has 0 atom stereocenters. The maximum absolute atomic E-state index is 14.6. The highest BCUT2D eigenvalue weighted by molar-refractivity contribution is 7.89. The maximum Gasteiger partial charge on any atom is 0.339 e. The molecule has 8 nitrogen and oxygen atoms in total. The Labute approximate surface area is 198 Å². The first kappa shape index (κ1) is 24.2. The van der Waals surface area contributed by atoms with Gasteiger partial charge in [-0.25, -0.2) is 17.6 Å². The molecule has 1 N–H and O–H groups in total. The molecule has 34 heavy (non-hydrogen) atoms. The van der Waals surface area contributed by atoms with Gasteiger partial charge in [0.15, 0.2) is 0 Å². The molecule has 2 aliphatic rings. The van der Waals surface area contributed by atoms with E-state index in [0.29, 0.717) is 24.2 Å². The van der Waals surface area contributed by atoms with E-state index in [0.717, 1.165) is 25.9 Å². The maximum atomic E-state index is 14.6. The lowest BCUT2D eigenvalue weighted by atomic mass is 9.97. The number of esters is 1. The van der Waals surface area contributed by atoms with Crippen LogP contribution in [0.15, 0.2) is 47.4 Å². The summed E-state index contributed by atoms with van der Waals surface area (Å²) in [5, 5.41) is 2.76. The number of rotatable bonds is 6. The van der Waals surface area contributed by atoms with Crippen LogP contribution in [0.3, 0.4) is 0 Å². The third kappa shape index (κ3) is 4.92. The molecule has 2 fully saturated rings. The number of nitrogens with zero attached hydrogens (tertiary/aromatic N) is 2. The zero-order valence-electron chi connectivity index (χ0n) is 19.0. The largest absolute Gasteiger partial charge is 0.465 e. The van der Waals surface area contributed by atoms with Crippen molar-refractivity contribution in [3.05, 3.63) is 53.8 Å². The van der Waals surface area contributed by atoms with Gasteiger partial charge in [0.05, 0.1) is 23.3 Å². The number of halogens is 1. The Kier molecular flexibility index (Phi) is 7.18. The molecule has 0 bridgehead atoms. The Morgan fingerprint density at radius 1 is 1.03 bits per heavy atom. The van der Waals surface area contributed by atoms with Gasteiger partial charge in [0.1, 0.15) is 5.82 Å². The summed E-state index contributed by atoms with van der Waals surface area (Å²) in [6, 6.07) is 10.6. The summed E-state index contributed by atoms with van der Waals surface area (Å²) < 4.78 is 46.8. The van der Waals surface area contributed by atoms with Crippen LogP contribution in [0.1, 0.15) is 36.0 Å². The van der Waals surface area contributed by atoms with E-state index in [1.165, 1.54) is 29.6 Å². The zero-order valence-corrected chi connectivity index (χ0v) is 19.8. The molecule has 4 rings (SSSR count). The number of hydrogen-bond acceptors (Lipinski definition) is 6. The molecule has 2 aliphatic heterocycles. The van der Waals surface area contributed by atoms with Crippen LogP contribution in [0.4, 0.5) is 15.8 Å². The van der Waals surface area contributed by atoms with Crippen molar-refractivity contribution in [3.8, 4) is 0 Å². The molecule has 0 aromatic heterocycles. The van der Waals surface area contributed by atoms with Crippen molar-refractivity contribution in [1.82, 2.24) is 4.31 Å². The van der Waals surface area contributed by atoms with E-state index < -0.39 is 21.9 Å². The quantitative estimate of drug-likeness (QED) is 0.626. The summed E-state index contributed by atoms with van der Waals surface area (Å²) in [7, 11) is -2.73. The molecule has 0 aliphatic carbocycles. The van der Waals surface area contributed by atoms with Gasteiger partial charge in [0.2, 0.25) is 15.9 Å². The lowest BCUT2D eigenvalue weighted by molar-refractivity contribution is -0.120. The minimum atomic E-state index is -3.93. The second kappa shape index (κ2) is 10.1. The fraction of sp³-hybridized carbons (Fsp3) is 0.417. The summed E-state index contributed by atoms with van der Waals surface area (Å²) >= 11 is 0. The normalized spacial score (nSPS) is 17.5. The molecule has 0 radical (unpaired) electrons. The number of benzene rings is 2. The van der Waals surface area contributed by atoms with Gasteiger partial charge in [-0.15, -0.1) is 0 Å². The smallest absolute Gasteiger partial charge is 0.339 e. The molecule has 0 unspecified atom stereocenters. The highest BCUT2D eigenvalue weighted by atomic mass is 32.2. The molecule has 0 spiro atoms. The van der Waals surface area contributed by atoms with Gasteiger partial charge in [-0.1, -0.05) is 12.1 Å². The number of amides is 1. The van der Waals surface area contributed by atoms with E-state index in [9.17, 15) is 22.4 Å². The van der Waals surface area contributed by atoms with Crippen molar-refractivity contribution in [2.45, 2.75) is 30.6 Å². The van der Waals surface area contributed by atoms with E-state index in [4.69, 9.17) is 4.74 Å². The van der Waals surface area contributed by atoms with Crippen LogP contribution in [0.5, 0.6) is 0 Å². The number of anilines is 2. The number of ether oxygens (including phenoxy) is 1. The average Bonchev–Trinajstić information content (AvgIpc) is 3.38. The van der Waals surface area contributed by atoms with E-state index >= 15 is 0 Å². The second-order valence-corrected chi connectivity index (χ2v) is 10.4. The number of methoxy groups -OCH3 is 1. The Balaban J connectivity index is 1.39. The number of hydrogen-bond donors (Lipinski definition) is 1. The van der Waals surface area contributed by atoms with Crippen LogP contribution in [0, 0.1) is 11.7 Å². The van der Waals surface area contributed by atoms with Crippen LogP contribution < -0.4 is 10.2 Å². The third-order valence-corrected chi connectivity index (χ3v) is 8.35. The zero-order chi connectivity index (χ0) is 24.3. The Bertz CT molecular complexity index is 1170. The molecule has 10 heteroatoms. The first-order chi connectivity index (χ1) is 16.3. The van der Waals surface area contributed by atoms with Crippen LogP contribution in [0.2, 0.25) is 0 Å². The van der Waals surface area contributed by atoms with Crippen LogP contribution in [-0.2, 0) is 19.6 Å². The number of nitrogens with one attached hydrogen (secondary N) is 1. The van der Waals surface area contributed by atoms with Gasteiger partial charge < -0.3 is 15.0 Å². The third-order valence-electron chi connectivity index (χ3n) is 6.40. The SMILES string of the molecule is COC(=O)c1ccccc1S(=O)(=O)N1CCC(C(=O)Nc2ccc(N3CCCC3)c(F)c2)CC1. The summed E-state index contributed by atoms with van der Waals surface area (Å²) in [5.41, 5.74) is 0.901. The van der Waals surface area contributed by atoms with E-state index in [1.54, 1.807) is 24.3 Å². The predicted molar refractivity (Wildman–Crippen MR) is 126 cm³/mol. The van der Waals surface area contributed by atoms with Gasteiger partial charge in [-0.3, -0.25) is 4.79 Å². The van der Waals surface area contributed by atoms with Crippen molar-refractivity contribution >= 4 is 33.3 Å². The van der Waals surface area contributed by atoms with Crippen LogP contribution in [-0.4, -0.2) is 57.9 Å². The van der Waals surface area contributed by atoms with Gasteiger partial charge in [-0.05, 0) is 56.0 Å². The second-order valence-electron chi connectivity index (χ2n) is 8.52. The molecule has 2 aromatic rings. The summed E-state index contributed by atoms with van der Waals surface area (Å²) in [6.45, 7) is 1.93. The summed E-state index contributed by atoms with van der Waals surface area (Å²) in [4.78, 5) is 26.6. The van der Waals surface area contributed by atoms with Crippen molar-refractivity contribution in [1.29, 1.82) is 0 Å². The minimum Gasteiger partial charge on any atom is -0.465 e. The molecule has 2 aromatic carbocycles. The lowest BCUT2D eigenvalue weighted by Gasteiger charge is -2.31. The molecule has 182 valence electrons. The molecular formula is C24H28FN3O5S. The monoisotopic (exact) mass is 489 g/mol. The standard InChI is InChI=1S/C24H28FN3O5S/c1-33-24(30)19-6-2-3-7-22(19)34(31,32)28-14-10-17(11-15-28)23(29)26-18-8-9-21(20(25)16-18)27-12-4-5-13-27/h2-3,6-9,16-17H,4-5,10-15H2,1H3,(H,26,29). The molecule has 1 amide bonds. The highest BCUT2D eigenvalue weighted by Crippen LogP contribution is 2.29. The Morgan fingerprint density at radius 2 is 1.71 bits per heavy atom. The van der Waals surface area contributed by atoms with E-state index in [2.05, 4.69) is 5.32 Å². The summed E-state index contributed by atoms with van der Waals surface area (Å²) in [5.74, 6) is -1.76. The molecule has 0 saturated carbocycles. The number of sulfonamides is 1. The Hall–Kier alpha value is -2.98. The first-order valence-electron chi connectivity index (χ1n) is 11.3. The fourth-order valence-corrected chi connectivity index (χ4v) is 6.16. The number of piperidine rings is 1. The van der Waals surface area contributed by atoms with Crippen molar-refractivity contribution in [2.24, 2.45) is 5.92 Å². The predicted octanol–water partition coefficient (Wildman–Crippen LogP) is 3.25. The topological polar surface area (TPSA) is 96.0 Å². The lowest BCUT2D eigenvalue weighted by Crippen LogP contribution is -2.41. The number of carbonyl (C=O) groups excluding carboxylic acids is 2. The van der Waals surface area contributed by atoms with Crippen molar-refractivity contribution < 1.29 is 27.1 Å². The van der Waals surface area contributed by atoms with Crippen LogP contribution in [0.25, 0.3) is 0 Å². The van der Waals surface area contributed by atoms with Gasteiger partial charge >= 0.3 is 5.97 Å². The van der Waals surface area contributed by atoms with Crippen molar-refractivity contribution in [2.75, 3.05) is 43.5 Å². The highest BCUT2D eigenvalue weighted by Gasteiger charge is 2.34. The van der Waals surface area contributed by atoms with E-state index in [-0.39, 0.29) is 35.3 Å². The van der Waals surface area contributed by atoms with Gasteiger partial charge in [-0.2, -0.15) is 4.31 Å². The summed E-state index contributed by atoms with van der Waals surface area (Å²) in [6.07, 6.45) is 2.72. The van der Waals surface area contributed by atoms with Gasteiger partial charge in [0.25, 0.3) is 0 Å². The minimum absolute atomic E-state index is 0.0238. The molecular weight excluding hydrogens is 461 g/mol. The Morgan fingerprint density at radius 3 is 2.35 bits per heavy atom. The molecule has 2 saturated heterocycles. The van der Waals surface area contributed by atoms with Crippen molar-refractivity contribution in [3.63, 3.8) is 0 Å². The molecule has 2 heterocycles.